The van der Waals surface area contributed by atoms with Gasteiger partial charge in [-0.1, -0.05) is 18.7 Å². The highest BCUT2D eigenvalue weighted by molar-refractivity contribution is 9.10. The van der Waals surface area contributed by atoms with E-state index in [1.54, 1.807) is 24.2 Å². The minimum atomic E-state index is 0.499. The first-order valence-corrected chi connectivity index (χ1v) is 6.20. The van der Waals surface area contributed by atoms with Crippen LogP contribution in [-0.4, -0.2) is 21.6 Å². The van der Waals surface area contributed by atoms with Gasteiger partial charge < -0.3 is 0 Å². The lowest BCUT2D eigenvalue weighted by Crippen LogP contribution is -2.00. The quantitative estimate of drug-likeness (QED) is 0.481. The number of alkyl halides is 1. The third kappa shape index (κ3) is 4.29. The van der Waals surface area contributed by atoms with Crippen LogP contribution in [0, 0.1) is 5.92 Å². The molecule has 1 unspecified atom stereocenters. The van der Waals surface area contributed by atoms with Crippen LogP contribution >= 0.6 is 39.3 Å². The van der Waals surface area contributed by atoms with Crippen LogP contribution in [0.25, 0.3) is 0 Å². The lowest BCUT2D eigenvalue weighted by molar-refractivity contribution is 0.756. The Bertz CT molecular complexity index is 255. The first-order valence-electron chi connectivity index (χ1n) is 3.88. The number of hydrogen-bond donors (Lipinski definition) is 0. The molecule has 0 saturated carbocycles. The van der Waals surface area contributed by atoms with Crippen molar-refractivity contribution in [2.45, 2.75) is 12.1 Å². The van der Waals surface area contributed by atoms with Gasteiger partial charge in [-0.05, 0) is 21.8 Å². The Kier molecular flexibility index (Phi) is 5.06. The van der Waals surface area contributed by atoms with Crippen LogP contribution in [0.15, 0.2) is 22.0 Å². The SMILES string of the molecule is CC(CCl)CSc1ncc(Br)cn1. The van der Waals surface area contributed by atoms with Gasteiger partial charge in [0.25, 0.3) is 0 Å². The summed E-state index contributed by atoms with van der Waals surface area (Å²) in [5.74, 6) is 2.15. The van der Waals surface area contributed by atoms with Crippen LogP contribution < -0.4 is 0 Å². The molecule has 72 valence electrons. The third-order valence-electron chi connectivity index (χ3n) is 1.36. The maximum atomic E-state index is 5.68. The molecule has 0 N–H and O–H groups in total. The van der Waals surface area contributed by atoms with E-state index in [-0.39, 0.29) is 0 Å². The molecule has 0 aromatic carbocycles. The minimum Gasteiger partial charge on any atom is -0.230 e. The molecule has 1 aromatic heterocycles. The molecule has 0 aliphatic rings. The lowest BCUT2D eigenvalue weighted by atomic mass is 10.3. The highest BCUT2D eigenvalue weighted by atomic mass is 79.9. The van der Waals surface area contributed by atoms with Gasteiger partial charge in [-0.15, -0.1) is 11.6 Å². The number of rotatable bonds is 4. The molecule has 2 nitrogen and oxygen atoms in total. The van der Waals surface area contributed by atoms with Gasteiger partial charge in [0, 0.05) is 24.0 Å². The van der Waals surface area contributed by atoms with Gasteiger partial charge in [0.2, 0.25) is 0 Å². The van der Waals surface area contributed by atoms with Gasteiger partial charge in [-0.3, -0.25) is 0 Å². The average molecular weight is 282 g/mol. The Labute approximate surface area is 95.6 Å². The Hall–Kier alpha value is 0.200. The fourth-order valence-electron chi connectivity index (χ4n) is 0.636. The maximum absolute atomic E-state index is 5.68. The van der Waals surface area contributed by atoms with Crippen LogP contribution in [0.1, 0.15) is 6.92 Å². The molecule has 1 rings (SSSR count). The minimum absolute atomic E-state index is 0.499. The van der Waals surface area contributed by atoms with Crippen LogP contribution in [0.2, 0.25) is 0 Å². The Balaban J connectivity index is 2.41. The summed E-state index contributed by atoms with van der Waals surface area (Å²) < 4.78 is 0.905. The molecular weight excluding hydrogens is 272 g/mol. The number of halogens is 2. The van der Waals surface area contributed by atoms with Gasteiger partial charge in [-0.2, -0.15) is 0 Å². The molecule has 0 aliphatic heterocycles. The highest BCUT2D eigenvalue weighted by Gasteiger charge is 2.02. The van der Waals surface area contributed by atoms with Crippen molar-refractivity contribution in [2.75, 3.05) is 11.6 Å². The summed E-state index contributed by atoms with van der Waals surface area (Å²) in [4.78, 5) is 8.29. The molecule has 0 fully saturated rings. The zero-order valence-corrected chi connectivity index (χ0v) is 10.4. The first kappa shape index (κ1) is 11.3. The summed E-state index contributed by atoms with van der Waals surface area (Å²) in [6.45, 7) is 2.11. The van der Waals surface area contributed by atoms with Gasteiger partial charge in [0.15, 0.2) is 5.16 Å². The Morgan fingerprint density at radius 3 is 2.69 bits per heavy atom. The number of aromatic nitrogens is 2. The summed E-state index contributed by atoms with van der Waals surface area (Å²) in [5.41, 5.74) is 0. The predicted octanol–water partition coefficient (Wildman–Crippen LogP) is 3.21. The molecule has 1 heterocycles. The topological polar surface area (TPSA) is 25.8 Å². The first-order chi connectivity index (χ1) is 6.22. The van der Waals surface area contributed by atoms with Crippen molar-refractivity contribution in [2.24, 2.45) is 5.92 Å². The summed E-state index contributed by atoms with van der Waals surface area (Å²) >= 11 is 10.6. The highest BCUT2D eigenvalue weighted by Crippen LogP contribution is 2.17. The van der Waals surface area contributed by atoms with E-state index in [2.05, 4.69) is 32.8 Å². The molecular formula is C8H10BrClN2S. The van der Waals surface area contributed by atoms with E-state index < -0.39 is 0 Å². The largest absolute Gasteiger partial charge is 0.230 e. The normalized spacial score (nSPS) is 12.8. The summed E-state index contributed by atoms with van der Waals surface area (Å²) in [6.07, 6.45) is 3.50. The van der Waals surface area contributed by atoms with Crippen LogP contribution in [0.5, 0.6) is 0 Å². The van der Waals surface area contributed by atoms with Gasteiger partial charge in [0.05, 0.1) is 4.47 Å². The molecule has 1 atom stereocenters. The van der Waals surface area contributed by atoms with E-state index in [9.17, 15) is 0 Å². The van der Waals surface area contributed by atoms with E-state index in [1.165, 1.54) is 0 Å². The van der Waals surface area contributed by atoms with Crippen molar-refractivity contribution < 1.29 is 0 Å². The van der Waals surface area contributed by atoms with Crippen LogP contribution in [0.3, 0.4) is 0 Å². The van der Waals surface area contributed by atoms with Gasteiger partial charge in [0.1, 0.15) is 0 Å². The Morgan fingerprint density at radius 1 is 1.54 bits per heavy atom. The van der Waals surface area contributed by atoms with Crippen molar-refractivity contribution in [3.63, 3.8) is 0 Å². The van der Waals surface area contributed by atoms with E-state index in [0.29, 0.717) is 11.8 Å². The standard InChI is InChI=1S/C8H10BrClN2S/c1-6(2-10)5-13-8-11-3-7(9)4-12-8/h3-4,6H,2,5H2,1H3. The zero-order chi connectivity index (χ0) is 9.68. The molecule has 0 saturated heterocycles. The van der Waals surface area contributed by atoms with Gasteiger partial charge >= 0.3 is 0 Å². The van der Waals surface area contributed by atoms with Crippen LogP contribution in [-0.2, 0) is 0 Å². The number of hydrogen-bond acceptors (Lipinski definition) is 3. The molecule has 0 spiro atoms. The van der Waals surface area contributed by atoms with Crippen molar-refractivity contribution in [1.29, 1.82) is 0 Å². The molecule has 13 heavy (non-hydrogen) atoms. The third-order valence-corrected chi connectivity index (χ3v) is 3.50. The summed E-state index contributed by atoms with van der Waals surface area (Å²) in [6, 6.07) is 0. The van der Waals surface area contributed by atoms with E-state index in [0.717, 1.165) is 15.4 Å². The summed E-state index contributed by atoms with van der Waals surface area (Å²) in [7, 11) is 0. The Morgan fingerprint density at radius 2 is 2.15 bits per heavy atom. The summed E-state index contributed by atoms with van der Waals surface area (Å²) in [5, 5.41) is 0.806. The number of nitrogens with zero attached hydrogens (tertiary/aromatic N) is 2. The number of thioether (sulfide) groups is 1. The molecule has 0 aliphatic carbocycles. The zero-order valence-electron chi connectivity index (χ0n) is 7.20. The van der Waals surface area contributed by atoms with E-state index in [4.69, 9.17) is 11.6 Å². The average Bonchev–Trinajstić information content (AvgIpc) is 2.16. The second-order valence-corrected chi connectivity index (χ2v) is 4.97. The van der Waals surface area contributed by atoms with E-state index >= 15 is 0 Å². The van der Waals surface area contributed by atoms with Gasteiger partial charge in [-0.25, -0.2) is 9.97 Å². The lowest BCUT2D eigenvalue weighted by Gasteiger charge is -2.04. The molecule has 0 radical (unpaired) electrons. The van der Waals surface area contributed by atoms with Crippen molar-refractivity contribution in [1.82, 2.24) is 9.97 Å². The second kappa shape index (κ2) is 5.83. The van der Waals surface area contributed by atoms with Crippen molar-refractivity contribution in [3.05, 3.63) is 16.9 Å². The predicted molar refractivity (Wildman–Crippen MR) is 60.3 cm³/mol. The molecule has 1 aromatic rings. The van der Waals surface area contributed by atoms with Crippen molar-refractivity contribution >= 4 is 39.3 Å². The smallest absolute Gasteiger partial charge is 0.187 e. The monoisotopic (exact) mass is 280 g/mol. The fourth-order valence-corrected chi connectivity index (χ4v) is 1.89. The van der Waals surface area contributed by atoms with E-state index in [1.807, 2.05) is 0 Å². The molecule has 0 bridgehead atoms. The molecule has 0 amide bonds. The fraction of sp³-hybridized carbons (Fsp3) is 0.500. The molecule has 5 heteroatoms. The second-order valence-electron chi connectivity index (χ2n) is 2.75. The van der Waals surface area contributed by atoms with Crippen LogP contribution in [0.4, 0.5) is 0 Å². The van der Waals surface area contributed by atoms with Crippen molar-refractivity contribution in [3.8, 4) is 0 Å². The maximum Gasteiger partial charge on any atom is 0.187 e.